The van der Waals surface area contributed by atoms with Gasteiger partial charge in [0.25, 0.3) is 0 Å². The zero-order valence-corrected chi connectivity index (χ0v) is 14.1. The van der Waals surface area contributed by atoms with E-state index in [4.69, 9.17) is 9.47 Å². The van der Waals surface area contributed by atoms with E-state index in [-0.39, 0.29) is 6.04 Å². The van der Waals surface area contributed by atoms with Crippen molar-refractivity contribution >= 4 is 5.91 Å². The van der Waals surface area contributed by atoms with E-state index in [9.17, 15) is 4.79 Å². The van der Waals surface area contributed by atoms with Crippen LogP contribution in [0.4, 0.5) is 0 Å². The normalized spacial score (nSPS) is 33.9. The molecule has 2 saturated carbocycles. The highest BCUT2D eigenvalue weighted by atomic mass is 16.6. The maximum atomic E-state index is 13.1. The fraction of sp³-hybridized carbons (Fsp3) is 0.650. The summed E-state index contributed by atoms with van der Waals surface area (Å²) in [5.74, 6) is 3.78. The molecular formula is C20H25NO3. The fourth-order valence-electron chi connectivity index (χ4n) is 5.19. The van der Waals surface area contributed by atoms with Crippen molar-refractivity contribution in [2.75, 3.05) is 19.8 Å². The lowest BCUT2D eigenvalue weighted by Gasteiger charge is -2.27. The highest BCUT2D eigenvalue weighted by Crippen LogP contribution is 2.57. The average molecular weight is 327 g/mol. The minimum Gasteiger partial charge on any atom is -0.486 e. The van der Waals surface area contributed by atoms with Crippen molar-refractivity contribution < 1.29 is 14.3 Å². The van der Waals surface area contributed by atoms with Crippen molar-refractivity contribution in [2.45, 2.75) is 44.6 Å². The van der Waals surface area contributed by atoms with Crippen LogP contribution in [0, 0.1) is 17.8 Å². The van der Waals surface area contributed by atoms with Crippen LogP contribution < -0.4 is 9.47 Å². The summed E-state index contributed by atoms with van der Waals surface area (Å²) in [6.07, 6.45) is 7.33. The van der Waals surface area contributed by atoms with Gasteiger partial charge in [0.1, 0.15) is 13.2 Å². The summed E-state index contributed by atoms with van der Waals surface area (Å²) in [6, 6.07) is 6.42. The Bertz CT molecular complexity index is 646. The molecule has 128 valence electrons. The van der Waals surface area contributed by atoms with E-state index in [1.165, 1.54) is 31.2 Å². The highest BCUT2D eigenvalue weighted by molar-refractivity contribution is 5.83. The smallest absolute Gasteiger partial charge is 0.226 e. The molecule has 0 N–H and O–H groups in total. The van der Waals surface area contributed by atoms with Crippen molar-refractivity contribution in [1.29, 1.82) is 0 Å². The predicted octanol–water partition coefficient (Wildman–Crippen LogP) is 3.56. The summed E-state index contributed by atoms with van der Waals surface area (Å²) in [5, 5.41) is 0. The zero-order chi connectivity index (χ0) is 16.1. The van der Waals surface area contributed by atoms with Crippen molar-refractivity contribution in [1.82, 2.24) is 4.90 Å². The van der Waals surface area contributed by atoms with Gasteiger partial charge in [0.2, 0.25) is 5.91 Å². The first-order valence-electron chi connectivity index (χ1n) is 9.53. The van der Waals surface area contributed by atoms with Gasteiger partial charge in [0.05, 0.1) is 6.04 Å². The van der Waals surface area contributed by atoms with Crippen LogP contribution >= 0.6 is 0 Å². The van der Waals surface area contributed by atoms with Crippen LogP contribution in [0.2, 0.25) is 0 Å². The lowest BCUT2D eigenvalue weighted by Crippen LogP contribution is -2.32. The van der Waals surface area contributed by atoms with Gasteiger partial charge in [-0.05, 0) is 55.2 Å². The van der Waals surface area contributed by atoms with Gasteiger partial charge in [-0.25, -0.2) is 0 Å². The Morgan fingerprint density at radius 2 is 1.71 bits per heavy atom. The van der Waals surface area contributed by atoms with Crippen molar-refractivity contribution in [3.8, 4) is 11.5 Å². The fourth-order valence-corrected chi connectivity index (χ4v) is 5.19. The van der Waals surface area contributed by atoms with Gasteiger partial charge in [0.15, 0.2) is 11.5 Å². The van der Waals surface area contributed by atoms with Crippen LogP contribution in [-0.4, -0.2) is 30.6 Å². The SMILES string of the molecule is O=C(C1[C@H]2CCCC[C@@H]12)N1CCC[C@H]1c1ccc2c(c1)OCCO2. The molecule has 1 amide bonds. The molecule has 1 saturated heterocycles. The summed E-state index contributed by atoms with van der Waals surface area (Å²) in [7, 11) is 0. The third-order valence-corrected chi connectivity index (χ3v) is 6.43. The van der Waals surface area contributed by atoms with Crippen LogP contribution in [-0.2, 0) is 4.79 Å². The average Bonchev–Trinajstić information content (AvgIpc) is 3.15. The summed E-state index contributed by atoms with van der Waals surface area (Å²) >= 11 is 0. The second-order valence-corrected chi connectivity index (χ2v) is 7.73. The zero-order valence-electron chi connectivity index (χ0n) is 14.1. The van der Waals surface area contributed by atoms with Gasteiger partial charge in [-0.2, -0.15) is 0 Å². The van der Waals surface area contributed by atoms with Crippen LogP contribution in [0.3, 0.4) is 0 Å². The van der Waals surface area contributed by atoms with E-state index in [1.54, 1.807) is 0 Å². The summed E-state index contributed by atoms with van der Waals surface area (Å²) < 4.78 is 11.4. The molecule has 1 unspecified atom stereocenters. The molecule has 0 radical (unpaired) electrons. The summed E-state index contributed by atoms with van der Waals surface area (Å²) in [4.78, 5) is 15.3. The van der Waals surface area contributed by atoms with Crippen LogP contribution in [0.25, 0.3) is 0 Å². The quantitative estimate of drug-likeness (QED) is 0.834. The molecule has 0 bridgehead atoms. The second-order valence-electron chi connectivity index (χ2n) is 7.73. The Kier molecular flexibility index (Phi) is 3.46. The number of likely N-dealkylation sites (tertiary alicyclic amines) is 1. The molecule has 4 atom stereocenters. The van der Waals surface area contributed by atoms with E-state index >= 15 is 0 Å². The van der Waals surface area contributed by atoms with Gasteiger partial charge < -0.3 is 14.4 Å². The van der Waals surface area contributed by atoms with Gasteiger partial charge >= 0.3 is 0 Å². The molecule has 1 aromatic rings. The Morgan fingerprint density at radius 1 is 0.958 bits per heavy atom. The molecule has 5 rings (SSSR count). The van der Waals surface area contributed by atoms with Crippen molar-refractivity contribution in [3.63, 3.8) is 0 Å². The van der Waals surface area contributed by atoms with E-state index in [2.05, 4.69) is 17.0 Å². The standard InChI is InChI=1S/C20H25NO3/c22-20(19-14-4-1-2-5-15(14)19)21-9-3-6-16(21)13-7-8-17-18(12-13)24-11-10-23-17/h7-8,12,14-16,19H,1-6,9-11H2/t14-,15+,16-,19?/m0/s1. The predicted molar refractivity (Wildman–Crippen MR) is 90.1 cm³/mol. The monoisotopic (exact) mass is 327 g/mol. The molecule has 24 heavy (non-hydrogen) atoms. The molecule has 4 heteroatoms. The number of carbonyl (C=O) groups excluding carboxylic acids is 1. The minimum atomic E-state index is 0.218. The Labute approximate surface area is 143 Å². The lowest BCUT2D eigenvalue weighted by atomic mass is 10.0. The van der Waals surface area contributed by atoms with Crippen molar-refractivity contribution in [3.05, 3.63) is 23.8 Å². The largest absolute Gasteiger partial charge is 0.486 e. The molecule has 4 nitrogen and oxygen atoms in total. The van der Waals surface area contributed by atoms with Gasteiger partial charge in [-0.15, -0.1) is 0 Å². The van der Waals surface area contributed by atoms with Crippen LogP contribution in [0.15, 0.2) is 18.2 Å². The van der Waals surface area contributed by atoms with Gasteiger partial charge in [-0.3, -0.25) is 4.79 Å². The first kappa shape index (κ1) is 14.6. The second kappa shape index (κ2) is 5.68. The number of hydrogen-bond acceptors (Lipinski definition) is 3. The van der Waals surface area contributed by atoms with E-state index < -0.39 is 0 Å². The topological polar surface area (TPSA) is 38.8 Å². The molecule has 0 aromatic heterocycles. The molecule has 2 heterocycles. The lowest BCUT2D eigenvalue weighted by molar-refractivity contribution is -0.134. The number of benzene rings is 1. The third-order valence-electron chi connectivity index (χ3n) is 6.43. The molecule has 0 spiro atoms. The highest BCUT2D eigenvalue weighted by Gasteiger charge is 2.56. The number of ether oxygens (including phenoxy) is 2. The summed E-state index contributed by atoms with van der Waals surface area (Å²) in [5.41, 5.74) is 1.20. The van der Waals surface area contributed by atoms with E-state index in [0.29, 0.717) is 36.9 Å². The maximum absolute atomic E-state index is 13.1. The van der Waals surface area contributed by atoms with Crippen LogP contribution in [0.5, 0.6) is 11.5 Å². The number of carbonyl (C=O) groups is 1. The molecule has 4 aliphatic rings. The maximum Gasteiger partial charge on any atom is 0.226 e. The first-order valence-corrected chi connectivity index (χ1v) is 9.53. The number of rotatable bonds is 2. The van der Waals surface area contributed by atoms with Crippen molar-refractivity contribution in [2.24, 2.45) is 17.8 Å². The Hall–Kier alpha value is -1.71. The number of fused-ring (bicyclic) bond motifs is 2. The summed E-state index contributed by atoms with van der Waals surface area (Å²) in [6.45, 7) is 2.13. The van der Waals surface area contributed by atoms with Crippen LogP contribution in [0.1, 0.15) is 50.1 Å². The first-order chi connectivity index (χ1) is 11.8. The molecule has 2 aliphatic carbocycles. The van der Waals surface area contributed by atoms with E-state index in [1.807, 2.05) is 6.07 Å². The Morgan fingerprint density at radius 3 is 2.50 bits per heavy atom. The number of nitrogens with zero attached hydrogens (tertiary/aromatic N) is 1. The third kappa shape index (κ3) is 2.30. The Balaban J connectivity index is 1.37. The molecule has 3 fully saturated rings. The molecule has 2 aliphatic heterocycles. The minimum absolute atomic E-state index is 0.218. The number of hydrogen-bond donors (Lipinski definition) is 0. The van der Waals surface area contributed by atoms with Gasteiger partial charge in [-0.1, -0.05) is 18.9 Å². The molecule has 1 aromatic carbocycles. The van der Waals surface area contributed by atoms with E-state index in [0.717, 1.165) is 30.9 Å². The van der Waals surface area contributed by atoms with Gasteiger partial charge in [0, 0.05) is 12.5 Å². The number of amides is 1. The molecular weight excluding hydrogens is 302 g/mol.